The van der Waals surface area contributed by atoms with Gasteiger partial charge in [-0.25, -0.2) is 0 Å². The number of hydrogen-bond donors (Lipinski definition) is 2. The van der Waals surface area contributed by atoms with Gasteiger partial charge in [0.1, 0.15) is 0 Å². The zero-order valence-corrected chi connectivity index (χ0v) is 14.5. The van der Waals surface area contributed by atoms with E-state index in [0.29, 0.717) is 23.0 Å². The molecule has 1 unspecified atom stereocenters. The molecule has 1 aliphatic carbocycles. The molecule has 2 N–H and O–H groups in total. The number of fused-ring (bicyclic) bond motifs is 3. The highest BCUT2D eigenvalue weighted by atomic mass is 19.4. The summed E-state index contributed by atoms with van der Waals surface area (Å²) >= 11 is 0. The number of aryl methyl sites for hydroxylation is 1. The second-order valence-corrected chi connectivity index (χ2v) is 6.94. The molecule has 28 heavy (non-hydrogen) atoms. The van der Waals surface area contributed by atoms with Gasteiger partial charge in [0.2, 0.25) is 0 Å². The molecule has 148 valence electrons. The monoisotopic (exact) mass is 398 g/mol. The second kappa shape index (κ2) is 6.46. The Labute approximate surface area is 156 Å². The summed E-state index contributed by atoms with van der Waals surface area (Å²) < 4.78 is 77.2. The smallest absolute Gasteiger partial charge is 0.377 e. The van der Waals surface area contributed by atoms with Gasteiger partial charge >= 0.3 is 12.4 Å². The van der Waals surface area contributed by atoms with Crippen LogP contribution in [0.3, 0.4) is 0 Å². The molecule has 4 rings (SSSR count). The van der Waals surface area contributed by atoms with Crippen LogP contribution >= 0.6 is 0 Å². The first-order valence-electron chi connectivity index (χ1n) is 8.78. The number of nitrogens with one attached hydrogen (secondary N) is 2. The lowest BCUT2D eigenvalue weighted by atomic mass is 9.91. The maximum absolute atomic E-state index is 13.0. The molecule has 8 heteroatoms. The van der Waals surface area contributed by atoms with Crippen LogP contribution in [-0.2, 0) is 18.8 Å². The van der Waals surface area contributed by atoms with E-state index in [1.165, 1.54) is 18.2 Å². The Balaban J connectivity index is 1.65. The number of aromatic amines is 1. The Morgan fingerprint density at radius 3 is 2.14 bits per heavy atom. The van der Waals surface area contributed by atoms with Gasteiger partial charge in [-0.15, -0.1) is 0 Å². The van der Waals surface area contributed by atoms with Crippen molar-refractivity contribution in [1.82, 2.24) is 4.98 Å². The molecule has 0 saturated heterocycles. The molecule has 0 spiro atoms. The van der Waals surface area contributed by atoms with E-state index in [-0.39, 0.29) is 6.04 Å². The largest absolute Gasteiger partial charge is 0.416 e. The van der Waals surface area contributed by atoms with Crippen molar-refractivity contribution in [1.29, 1.82) is 0 Å². The fraction of sp³-hybridized carbons (Fsp3) is 0.300. The van der Waals surface area contributed by atoms with Crippen molar-refractivity contribution in [3.8, 4) is 0 Å². The Morgan fingerprint density at radius 2 is 1.50 bits per heavy atom. The molecule has 2 nitrogen and oxygen atoms in total. The van der Waals surface area contributed by atoms with Crippen molar-refractivity contribution in [2.75, 3.05) is 5.32 Å². The number of anilines is 1. The summed E-state index contributed by atoms with van der Waals surface area (Å²) in [6, 6.07) is 8.16. The summed E-state index contributed by atoms with van der Waals surface area (Å²) in [5.41, 5.74) is 1.35. The Kier molecular flexibility index (Phi) is 4.32. The van der Waals surface area contributed by atoms with Gasteiger partial charge in [0.25, 0.3) is 0 Å². The summed E-state index contributed by atoms with van der Waals surface area (Å²) in [6.07, 6.45) is -6.65. The minimum Gasteiger partial charge on any atom is -0.377 e. The topological polar surface area (TPSA) is 27.8 Å². The second-order valence-electron chi connectivity index (χ2n) is 6.94. The van der Waals surface area contributed by atoms with E-state index in [1.807, 2.05) is 0 Å². The SMILES string of the molecule is FC(F)(F)c1ccc(NC2CCCc3c2[nH]c2ccc(C(F)(F)F)cc32)cc1. The lowest BCUT2D eigenvalue weighted by Gasteiger charge is -2.25. The van der Waals surface area contributed by atoms with E-state index in [4.69, 9.17) is 0 Å². The third-order valence-electron chi connectivity index (χ3n) is 5.09. The van der Waals surface area contributed by atoms with Crippen LogP contribution in [0.15, 0.2) is 42.5 Å². The molecular weight excluding hydrogens is 382 g/mol. The summed E-state index contributed by atoms with van der Waals surface area (Å²) in [6.45, 7) is 0. The van der Waals surface area contributed by atoms with Crippen LogP contribution in [0.1, 0.15) is 41.3 Å². The van der Waals surface area contributed by atoms with Gasteiger partial charge in [-0.2, -0.15) is 26.3 Å². The highest BCUT2D eigenvalue weighted by molar-refractivity contribution is 5.86. The maximum Gasteiger partial charge on any atom is 0.416 e. The van der Waals surface area contributed by atoms with Gasteiger partial charge in [0.15, 0.2) is 0 Å². The summed E-state index contributed by atoms with van der Waals surface area (Å²) in [4.78, 5) is 3.19. The zero-order valence-electron chi connectivity index (χ0n) is 14.5. The molecule has 1 aromatic heterocycles. The predicted octanol–water partition coefficient (Wildman–Crippen LogP) is 6.70. The lowest BCUT2D eigenvalue weighted by Crippen LogP contribution is -2.17. The molecule has 3 aromatic rings. The zero-order chi connectivity index (χ0) is 20.1. The minimum absolute atomic E-state index is 0.206. The van der Waals surface area contributed by atoms with Crippen LogP contribution in [0.5, 0.6) is 0 Å². The molecule has 1 aliphatic rings. The summed E-state index contributed by atoms with van der Waals surface area (Å²) in [5.74, 6) is 0. The van der Waals surface area contributed by atoms with Crippen molar-refractivity contribution in [3.63, 3.8) is 0 Å². The Bertz CT molecular complexity index is 998. The number of H-pyrrole nitrogens is 1. The first-order valence-corrected chi connectivity index (χ1v) is 8.78. The van der Waals surface area contributed by atoms with Crippen LogP contribution in [0.2, 0.25) is 0 Å². The average molecular weight is 398 g/mol. The van der Waals surface area contributed by atoms with Gasteiger partial charge in [0, 0.05) is 22.3 Å². The van der Waals surface area contributed by atoms with E-state index in [1.54, 1.807) is 0 Å². The Hall–Kier alpha value is -2.64. The molecule has 1 heterocycles. The highest BCUT2D eigenvalue weighted by Crippen LogP contribution is 2.39. The van der Waals surface area contributed by atoms with E-state index >= 15 is 0 Å². The van der Waals surface area contributed by atoms with Crippen LogP contribution in [0.4, 0.5) is 32.0 Å². The molecular formula is C20H16F6N2. The number of aromatic nitrogens is 1. The minimum atomic E-state index is -4.41. The molecule has 0 saturated carbocycles. The average Bonchev–Trinajstić information content (AvgIpc) is 3.00. The number of rotatable bonds is 2. The van der Waals surface area contributed by atoms with E-state index < -0.39 is 23.5 Å². The molecule has 0 amide bonds. The third kappa shape index (κ3) is 3.43. The number of hydrogen-bond acceptors (Lipinski definition) is 1. The normalized spacial score (nSPS) is 17.6. The van der Waals surface area contributed by atoms with Crippen LogP contribution < -0.4 is 5.32 Å². The molecule has 2 aromatic carbocycles. The van der Waals surface area contributed by atoms with Gasteiger partial charge in [-0.05, 0) is 67.3 Å². The molecule has 0 bridgehead atoms. The van der Waals surface area contributed by atoms with E-state index in [0.717, 1.165) is 48.4 Å². The molecule has 0 fully saturated rings. The molecule has 0 radical (unpaired) electrons. The molecule has 1 atom stereocenters. The fourth-order valence-electron chi connectivity index (χ4n) is 3.74. The number of benzene rings is 2. The first-order chi connectivity index (χ1) is 13.1. The fourth-order valence-corrected chi connectivity index (χ4v) is 3.74. The maximum atomic E-state index is 13.0. The van der Waals surface area contributed by atoms with E-state index in [9.17, 15) is 26.3 Å². The first kappa shape index (κ1) is 18.7. The van der Waals surface area contributed by atoms with Crippen molar-refractivity contribution < 1.29 is 26.3 Å². The van der Waals surface area contributed by atoms with Crippen LogP contribution in [0.25, 0.3) is 10.9 Å². The quantitative estimate of drug-likeness (QED) is 0.462. The van der Waals surface area contributed by atoms with Crippen molar-refractivity contribution in [2.45, 2.75) is 37.7 Å². The van der Waals surface area contributed by atoms with Crippen molar-refractivity contribution in [2.24, 2.45) is 0 Å². The van der Waals surface area contributed by atoms with Crippen LogP contribution in [0, 0.1) is 0 Å². The highest BCUT2D eigenvalue weighted by Gasteiger charge is 2.32. The van der Waals surface area contributed by atoms with Crippen LogP contribution in [-0.4, -0.2) is 4.98 Å². The van der Waals surface area contributed by atoms with E-state index in [2.05, 4.69) is 10.3 Å². The van der Waals surface area contributed by atoms with Gasteiger partial charge in [-0.1, -0.05) is 0 Å². The number of alkyl halides is 6. The summed E-state index contributed by atoms with van der Waals surface area (Å²) in [7, 11) is 0. The van der Waals surface area contributed by atoms with Gasteiger partial charge < -0.3 is 10.3 Å². The predicted molar refractivity (Wildman–Crippen MR) is 94.0 cm³/mol. The van der Waals surface area contributed by atoms with Gasteiger partial charge in [0.05, 0.1) is 17.2 Å². The summed E-state index contributed by atoms with van der Waals surface area (Å²) in [5, 5.41) is 3.75. The Morgan fingerprint density at radius 1 is 0.857 bits per heavy atom. The molecule has 0 aliphatic heterocycles. The number of halogens is 6. The van der Waals surface area contributed by atoms with Gasteiger partial charge in [-0.3, -0.25) is 0 Å². The lowest BCUT2D eigenvalue weighted by molar-refractivity contribution is -0.138. The standard InChI is InChI=1S/C20H16F6N2/c21-19(22,23)11-4-7-13(8-5-11)27-17-3-1-2-14-15-10-12(20(24,25)26)6-9-16(15)28-18(14)17/h4-10,17,27-28H,1-3H2. The third-order valence-corrected chi connectivity index (χ3v) is 5.09. The van der Waals surface area contributed by atoms with Crippen molar-refractivity contribution in [3.05, 3.63) is 64.8 Å². The van der Waals surface area contributed by atoms with Crippen molar-refractivity contribution >= 4 is 16.6 Å².